The van der Waals surface area contributed by atoms with Gasteiger partial charge in [0.2, 0.25) is 11.7 Å². The van der Waals surface area contributed by atoms with Crippen LogP contribution in [0, 0.1) is 6.92 Å². The fourth-order valence-corrected chi connectivity index (χ4v) is 6.97. The van der Waals surface area contributed by atoms with Crippen LogP contribution in [0.5, 0.6) is 5.75 Å². The fraction of sp³-hybridized carbons (Fsp3) is 0.343. The lowest BCUT2D eigenvalue weighted by Crippen LogP contribution is -2.51. The van der Waals surface area contributed by atoms with E-state index in [1.54, 1.807) is 11.8 Å². The standard InChI is InChI=1S/C35H30ClF6N9O5/c1-3-24-27(48-8-10-49(11-9-48)31(54)26-28(53)17(2)43-16-44-26)32(55)51-33(50(24)14-25(52)45-23-7-5-20(13-22(23)36)34(37,38)39)46-30(47-51)18-4-6-21-19(12-18)15-56-29(21)35(40,41)42/h4-7,12-13,16,29,53H,3,8-11,14-15H2,1-2H3,(H,45,52). The Hall–Kier alpha value is -5.76. The highest BCUT2D eigenvalue weighted by Gasteiger charge is 2.46. The number of hydrogen-bond donors (Lipinski definition) is 2. The molecule has 1 atom stereocenters. The van der Waals surface area contributed by atoms with Crippen LogP contribution in [0.3, 0.4) is 0 Å². The zero-order valence-corrected chi connectivity index (χ0v) is 30.1. The van der Waals surface area contributed by atoms with Gasteiger partial charge in [-0.05, 0) is 48.7 Å². The van der Waals surface area contributed by atoms with Gasteiger partial charge in [-0.15, -0.1) is 5.10 Å². The molecule has 2 N–H and O–H groups in total. The molecule has 0 spiro atoms. The normalized spacial score (nSPS) is 16.1. The van der Waals surface area contributed by atoms with Crippen molar-refractivity contribution in [3.05, 3.63) is 91.9 Å². The molecule has 0 aliphatic carbocycles. The maximum atomic E-state index is 14.3. The number of nitrogens with zero attached hydrogens (tertiary/aromatic N) is 8. The van der Waals surface area contributed by atoms with E-state index in [9.17, 15) is 45.8 Å². The van der Waals surface area contributed by atoms with Crippen LogP contribution in [0.4, 0.5) is 37.7 Å². The predicted octanol–water partition coefficient (Wildman–Crippen LogP) is 5.33. The second-order valence-corrected chi connectivity index (χ2v) is 13.4. The number of alkyl halides is 6. The summed E-state index contributed by atoms with van der Waals surface area (Å²) in [6.45, 7) is 2.87. The van der Waals surface area contributed by atoms with Gasteiger partial charge in [-0.1, -0.05) is 30.7 Å². The smallest absolute Gasteiger partial charge is 0.418 e. The van der Waals surface area contributed by atoms with Crippen LogP contribution < -0.4 is 15.8 Å². The minimum atomic E-state index is -4.67. The Kier molecular flexibility index (Phi) is 9.90. The van der Waals surface area contributed by atoms with Crippen LogP contribution >= 0.6 is 11.6 Å². The Morgan fingerprint density at radius 3 is 2.43 bits per heavy atom. The minimum Gasteiger partial charge on any atom is -0.504 e. The number of ether oxygens (including phenoxy) is 1. The Balaban J connectivity index is 1.26. The van der Waals surface area contributed by atoms with Crippen molar-refractivity contribution in [1.29, 1.82) is 0 Å². The van der Waals surface area contributed by atoms with Gasteiger partial charge in [0, 0.05) is 31.7 Å². The first-order valence-corrected chi connectivity index (χ1v) is 17.4. The van der Waals surface area contributed by atoms with E-state index in [1.807, 2.05) is 0 Å². The molecule has 5 heterocycles. The zero-order chi connectivity index (χ0) is 40.3. The molecule has 294 valence electrons. The van der Waals surface area contributed by atoms with E-state index in [-0.39, 0.29) is 101 Å². The van der Waals surface area contributed by atoms with Crippen LogP contribution in [-0.2, 0) is 35.3 Å². The Bertz CT molecular complexity index is 2440. The van der Waals surface area contributed by atoms with Gasteiger partial charge in [-0.3, -0.25) is 14.4 Å². The van der Waals surface area contributed by atoms with E-state index < -0.39 is 47.9 Å². The van der Waals surface area contributed by atoms with Gasteiger partial charge < -0.3 is 29.5 Å². The average Bonchev–Trinajstić information content (AvgIpc) is 3.80. The number of piperazine rings is 1. The molecular formula is C35H30ClF6N9O5. The van der Waals surface area contributed by atoms with Gasteiger partial charge in [-0.2, -0.15) is 35.8 Å². The number of hydrogen-bond acceptors (Lipinski definition) is 10. The SMILES string of the molecule is CCc1c(N2CCN(C(=O)c3ncnc(C)c3O)CC2)c(=O)n2nc(-c3ccc4c(c3)COC4C(F)(F)F)nc2n1CC(=O)Nc1ccc(C(F)(F)F)cc1Cl. The van der Waals surface area contributed by atoms with E-state index in [0.717, 1.165) is 23.0 Å². The number of amides is 2. The first-order valence-electron chi connectivity index (χ1n) is 17.0. The summed E-state index contributed by atoms with van der Waals surface area (Å²) in [5, 5.41) is 16.9. The van der Waals surface area contributed by atoms with Gasteiger partial charge in [0.25, 0.3) is 11.5 Å². The summed E-state index contributed by atoms with van der Waals surface area (Å²) in [6, 6.07) is 6.49. The number of rotatable bonds is 7. The van der Waals surface area contributed by atoms with Crippen LogP contribution in [0.25, 0.3) is 17.2 Å². The van der Waals surface area contributed by atoms with Crippen molar-refractivity contribution in [3.8, 4) is 17.1 Å². The highest BCUT2D eigenvalue weighted by molar-refractivity contribution is 6.33. The van der Waals surface area contributed by atoms with Crippen molar-refractivity contribution in [2.45, 2.75) is 51.9 Å². The molecule has 1 fully saturated rings. The molecule has 1 unspecified atom stereocenters. The van der Waals surface area contributed by atoms with Crippen LogP contribution in [0.1, 0.15) is 51.6 Å². The number of nitrogens with one attached hydrogen (secondary N) is 1. The zero-order valence-electron chi connectivity index (χ0n) is 29.4. The first kappa shape index (κ1) is 38.5. The molecule has 0 saturated carbocycles. The number of aryl methyl sites for hydroxylation is 1. The number of benzene rings is 2. The van der Waals surface area contributed by atoms with E-state index in [1.165, 1.54) is 34.6 Å². The van der Waals surface area contributed by atoms with Crippen molar-refractivity contribution in [1.82, 2.24) is 34.0 Å². The summed E-state index contributed by atoms with van der Waals surface area (Å²) in [7, 11) is 0. The van der Waals surface area contributed by atoms with Crippen LogP contribution in [0.15, 0.2) is 47.5 Å². The van der Waals surface area contributed by atoms with Crippen molar-refractivity contribution < 1.29 is 45.8 Å². The number of carbonyl (C=O) groups excluding carboxylic acids is 2. The van der Waals surface area contributed by atoms with E-state index in [0.29, 0.717) is 11.8 Å². The summed E-state index contributed by atoms with van der Waals surface area (Å²) in [4.78, 5) is 56.7. The van der Waals surface area contributed by atoms with Gasteiger partial charge in [-0.25, -0.2) is 9.97 Å². The van der Waals surface area contributed by atoms with Gasteiger partial charge >= 0.3 is 12.4 Å². The molecule has 2 aliphatic rings. The molecule has 14 nitrogen and oxygen atoms in total. The molecule has 7 rings (SSSR count). The third-order valence-electron chi connectivity index (χ3n) is 9.51. The quantitative estimate of drug-likeness (QED) is 0.206. The number of aromatic nitrogens is 6. The molecular weight excluding hydrogens is 776 g/mol. The van der Waals surface area contributed by atoms with E-state index >= 15 is 0 Å². The van der Waals surface area contributed by atoms with Crippen molar-refractivity contribution >= 4 is 40.6 Å². The molecule has 0 bridgehead atoms. The number of fused-ring (bicyclic) bond motifs is 2. The maximum Gasteiger partial charge on any atom is 0.418 e. The molecule has 2 aromatic carbocycles. The molecule has 2 amide bonds. The third kappa shape index (κ3) is 7.09. The Labute approximate surface area is 317 Å². The molecule has 56 heavy (non-hydrogen) atoms. The lowest BCUT2D eigenvalue weighted by molar-refractivity contribution is -0.219. The van der Waals surface area contributed by atoms with E-state index in [2.05, 4.69) is 25.4 Å². The fourth-order valence-electron chi connectivity index (χ4n) is 6.74. The highest BCUT2D eigenvalue weighted by atomic mass is 35.5. The monoisotopic (exact) mass is 805 g/mol. The Morgan fingerprint density at radius 1 is 1.04 bits per heavy atom. The largest absolute Gasteiger partial charge is 0.504 e. The van der Waals surface area contributed by atoms with Crippen LogP contribution in [0.2, 0.25) is 5.02 Å². The van der Waals surface area contributed by atoms with Gasteiger partial charge in [0.1, 0.15) is 18.6 Å². The minimum absolute atomic E-state index is 0.0464. The van der Waals surface area contributed by atoms with Crippen molar-refractivity contribution in [2.75, 3.05) is 36.4 Å². The summed E-state index contributed by atoms with van der Waals surface area (Å²) >= 11 is 6.10. The van der Waals surface area contributed by atoms with Crippen molar-refractivity contribution in [3.63, 3.8) is 0 Å². The number of anilines is 2. The van der Waals surface area contributed by atoms with Crippen molar-refractivity contribution in [2.24, 2.45) is 0 Å². The molecule has 1 saturated heterocycles. The molecule has 0 radical (unpaired) electrons. The predicted molar refractivity (Wildman–Crippen MR) is 187 cm³/mol. The molecule has 2 aliphatic heterocycles. The topological polar surface area (TPSA) is 160 Å². The summed E-state index contributed by atoms with van der Waals surface area (Å²) < 4.78 is 87.7. The molecule has 3 aromatic heterocycles. The van der Waals surface area contributed by atoms with Gasteiger partial charge in [0.05, 0.1) is 34.3 Å². The third-order valence-corrected chi connectivity index (χ3v) is 9.82. The highest BCUT2D eigenvalue weighted by Crippen LogP contribution is 2.43. The number of aromatic hydroxyl groups is 1. The second kappa shape index (κ2) is 14.4. The summed E-state index contributed by atoms with van der Waals surface area (Å²) in [5.74, 6) is -1.79. The van der Waals surface area contributed by atoms with Gasteiger partial charge in [0.15, 0.2) is 23.4 Å². The Morgan fingerprint density at radius 2 is 1.77 bits per heavy atom. The molecule has 5 aromatic rings. The lowest BCUT2D eigenvalue weighted by Gasteiger charge is -2.36. The number of halogens is 7. The molecule has 21 heteroatoms. The van der Waals surface area contributed by atoms with E-state index in [4.69, 9.17) is 16.3 Å². The summed E-state index contributed by atoms with van der Waals surface area (Å²) in [5.41, 5.74) is -0.816. The number of carbonyl (C=O) groups is 2. The lowest BCUT2D eigenvalue weighted by atomic mass is 10.0. The maximum absolute atomic E-state index is 14.3. The average molecular weight is 806 g/mol. The first-order chi connectivity index (χ1) is 26.5. The second-order valence-electron chi connectivity index (χ2n) is 13.0. The summed E-state index contributed by atoms with van der Waals surface area (Å²) in [6.07, 6.45) is -10.1. The van der Waals surface area contributed by atoms with Crippen LogP contribution in [-0.4, -0.2) is 83.3 Å².